The van der Waals surface area contributed by atoms with Crippen LogP contribution in [0.3, 0.4) is 0 Å². The molecule has 1 aromatic rings. The third-order valence-corrected chi connectivity index (χ3v) is 7.00. The van der Waals surface area contributed by atoms with Gasteiger partial charge in [0.15, 0.2) is 0 Å². The topological polar surface area (TPSA) is 41.6 Å². The molecule has 1 N–H and O–H groups in total. The van der Waals surface area contributed by atoms with Gasteiger partial charge in [-0.15, -0.1) is 11.8 Å². The summed E-state index contributed by atoms with van der Waals surface area (Å²) in [7, 11) is 2.26. The molecule has 3 atom stereocenters. The van der Waals surface area contributed by atoms with E-state index in [4.69, 9.17) is 16.3 Å². The molecule has 4 rings (SSSR count). The molecular formula is C16H19ClN2O2S. The molecule has 0 saturated carbocycles. The number of carbonyl (C=O) groups is 1. The van der Waals surface area contributed by atoms with Gasteiger partial charge in [-0.25, -0.2) is 4.79 Å². The molecule has 118 valence electrons. The Morgan fingerprint density at radius 3 is 2.77 bits per heavy atom. The summed E-state index contributed by atoms with van der Waals surface area (Å²) in [5, 5.41) is 4.06. The van der Waals surface area contributed by atoms with E-state index in [0.29, 0.717) is 5.25 Å². The first kappa shape index (κ1) is 14.7. The second kappa shape index (κ2) is 5.62. The van der Waals surface area contributed by atoms with Crippen LogP contribution < -0.4 is 5.32 Å². The number of rotatable bonds is 2. The number of nitrogens with zero attached hydrogens (tertiary/aromatic N) is 1. The summed E-state index contributed by atoms with van der Waals surface area (Å²) in [6.45, 7) is 0.257. The number of halogens is 1. The molecule has 2 saturated heterocycles. The number of thioether (sulfide) groups is 1. The van der Waals surface area contributed by atoms with Crippen molar-refractivity contribution in [3.63, 3.8) is 0 Å². The van der Waals surface area contributed by atoms with Crippen LogP contribution in [0, 0.1) is 0 Å². The molecule has 0 aliphatic carbocycles. The van der Waals surface area contributed by atoms with Crippen LogP contribution in [0.25, 0.3) is 0 Å². The summed E-state index contributed by atoms with van der Waals surface area (Å²) in [6.07, 6.45) is 4.72. The van der Waals surface area contributed by atoms with Gasteiger partial charge in [-0.05, 0) is 44.9 Å². The van der Waals surface area contributed by atoms with E-state index in [1.807, 2.05) is 23.9 Å². The average molecular weight is 339 g/mol. The van der Waals surface area contributed by atoms with E-state index in [-0.39, 0.29) is 6.61 Å². The summed E-state index contributed by atoms with van der Waals surface area (Å²) in [4.78, 5) is 14.9. The van der Waals surface area contributed by atoms with Gasteiger partial charge in [-0.3, -0.25) is 5.32 Å². The Hall–Kier alpha value is -0.910. The predicted molar refractivity (Wildman–Crippen MR) is 88.7 cm³/mol. The number of ether oxygens (including phenoxy) is 1. The summed E-state index contributed by atoms with van der Waals surface area (Å²) in [5.41, 5.74) is 1.66. The van der Waals surface area contributed by atoms with Crippen molar-refractivity contribution in [3.05, 3.63) is 22.7 Å². The van der Waals surface area contributed by atoms with E-state index in [1.165, 1.54) is 25.7 Å². The molecule has 3 aliphatic heterocycles. The average Bonchev–Trinajstić information content (AvgIpc) is 2.73. The molecule has 2 bridgehead atoms. The van der Waals surface area contributed by atoms with Gasteiger partial charge in [-0.2, -0.15) is 0 Å². The van der Waals surface area contributed by atoms with Crippen LogP contribution >= 0.6 is 23.4 Å². The number of hydrogen-bond acceptors (Lipinski definition) is 4. The molecule has 0 spiro atoms. The molecule has 3 heterocycles. The van der Waals surface area contributed by atoms with Crippen molar-refractivity contribution in [2.45, 2.75) is 54.5 Å². The van der Waals surface area contributed by atoms with Crippen molar-refractivity contribution in [3.8, 4) is 0 Å². The Balaban J connectivity index is 1.53. The molecule has 6 heteroatoms. The first-order valence-electron chi connectivity index (χ1n) is 7.75. The normalized spacial score (nSPS) is 30.6. The third-order valence-electron chi connectivity index (χ3n) is 5.14. The number of cyclic esters (lactones) is 1. The summed E-state index contributed by atoms with van der Waals surface area (Å²) in [6, 6.07) is 5.43. The number of carbonyl (C=O) groups excluding carboxylic acids is 1. The maximum atomic E-state index is 11.3. The highest BCUT2D eigenvalue weighted by Gasteiger charge is 2.38. The van der Waals surface area contributed by atoms with E-state index >= 15 is 0 Å². The molecule has 4 nitrogen and oxygen atoms in total. The lowest BCUT2D eigenvalue weighted by atomic mass is 10.0. The number of piperidine rings is 1. The standard InChI is InChI=1S/C16H19ClN2O2S/c1-19-9-2-3-10(19)7-11(6-9)22-14-5-4-13-12(15(14)17)8-21-16(20)18-13/h4-5,9-11H,2-3,6-8H2,1H3,(H,18,20)/t9-,10+,11?. The van der Waals surface area contributed by atoms with Crippen molar-refractivity contribution in [2.24, 2.45) is 0 Å². The van der Waals surface area contributed by atoms with Crippen molar-refractivity contribution in [1.82, 2.24) is 4.90 Å². The fourth-order valence-corrected chi connectivity index (χ4v) is 5.59. The lowest BCUT2D eigenvalue weighted by Crippen LogP contribution is -2.40. The van der Waals surface area contributed by atoms with Gasteiger partial charge in [0, 0.05) is 27.8 Å². The Morgan fingerprint density at radius 2 is 2.05 bits per heavy atom. The van der Waals surface area contributed by atoms with Gasteiger partial charge in [0.2, 0.25) is 0 Å². The van der Waals surface area contributed by atoms with Crippen LogP contribution in [0.1, 0.15) is 31.2 Å². The largest absolute Gasteiger partial charge is 0.444 e. The molecule has 0 radical (unpaired) electrons. The molecule has 2 fully saturated rings. The lowest BCUT2D eigenvalue weighted by molar-refractivity contribution is 0.151. The minimum absolute atomic E-state index is 0.257. The molecule has 22 heavy (non-hydrogen) atoms. The fraction of sp³-hybridized carbons (Fsp3) is 0.562. The van der Waals surface area contributed by atoms with Crippen LogP contribution in [0.4, 0.5) is 10.5 Å². The van der Waals surface area contributed by atoms with E-state index in [0.717, 1.165) is 33.3 Å². The number of fused-ring (bicyclic) bond motifs is 3. The van der Waals surface area contributed by atoms with Gasteiger partial charge in [0.1, 0.15) is 6.61 Å². The number of nitrogens with one attached hydrogen (secondary N) is 1. The van der Waals surface area contributed by atoms with Crippen molar-refractivity contribution < 1.29 is 9.53 Å². The third kappa shape index (κ3) is 2.49. The predicted octanol–water partition coefficient (Wildman–Crippen LogP) is 4.12. The maximum absolute atomic E-state index is 11.3. The molecular weight excluding hydrogens is 320 g/mol. The second-order valence-corrected chi connectivity index (χ2v) is 8.09. The Kier molecular flexibility index (Phi) is 3.75. The van der Waals surface area contributed by atoms with Gasteiger partial charge >= 0.3 is 6.09 Å². The van der Waals surface area contributed by atoms with Crippen LogP contribution in [0.5, 0.6) is 0 Å². The lowest BCUT2D eigenvalue weighted by Gasteiger charge is -2.36. The van der Waals surface area contributed by atoms with Gasteiger partial charge in [0.25, 0.3) is 0 Å². The highest BCUT2D eigenvalue weighted by Crippen LogP contribution is 2.44. The van der Waals surface area contributed by atoms with E-state index in [9.17, 15) is 4.79 Å². The first-order valence-corrected chi connectivity index (χ1v) is 9.01. The fourth-order valence-electron chi connectivity index (χ4n) is 3.87. The van der Waals surface area contributed by atoms with E-state index in [1.54, 1.807) is 0 Å². The number of amides is 1. The van der Waals surface area contributed by atoms with Crippen molar-refractivity contribution >= 4 is 35.1 Å². The van der Waals surface area contributed by atoms with Crippen LogP contribution in [-0.4, -0.2) is 35.4 Å². The number of hydrogen-bond donors (Lipinski definition) is 1. The van der Waals surface area contributed by atoms with E-state index in [2.05, 4.69) is 17.3 Å². The Morgan fingerprint density at radius 1 is 1.32 bits per heavy atom. The van der Waals surface area contributed by atoms with Crippen LogP contribution in [0.2, 0.25) is 5.02 Å². The first-order chi connectivity index (χ1) is 10.6. The van der Waals surface area contributed by atoms with Crippen molar-refractivity contribution in [2.75, 3.05) is 12.4 Å². The monoisotopic (exact) mass is 338 g/mol. The number of anilines is 1. The summed E-state index contributed by atoms with van der Waals surface area (Å²) >= 11 is 8.44. The second-order valence-electron chi connectivity index (χ2n) is 6.37. The zero-order valence-electron chi connectivity index (χ0n) is 12.5. The molecule has 1 unspecified atom stereocenters. The zero-order valence-corrected chi connectivity index (χ0v) is 14.0. The van der Waals surface area contributed by atoms with Crippen molar-refractivity contribution in [1.29, 1.82) is 0 Å². The van der Waals surface area contributed by atoms with Gasteiger partial charge < -0.3 is 9.64 Å². The minimum atomic E-state index is -0.407. The van der Waals surface area contributed by atoms with Gasteiger partial charge in [-0.1, -0.05) is 11.6 Å². The van der Waals surface area contributed by atoms with Crippen LogP contribution in [-0.2, 0) is 11.3 Å². The minimum Gasteiger partial charge on any atom is -0.444 e. The SMILES string of the molecule is CN1[C@@H]2CC[C@H]1CC(Sc1ccc3c(c1Cl)COC(=O)N3)C2. The zero-order chi connectivity index (χ0) is 15.3. The molecule has 1 aromatic carbocycles. The highest BCUT2D eigenvalue weighted by molar-refractivity contribution is 8.00. The Bertz CT molecular complexity index is 610. The molecule has 3 aliphatic rings. The summed E-state index contributed by atoms with van der Waals surface area (Å²) in [5.74, 6) is 0. The quantitative estimate of drug-likeness (QED) is 0.880. The molecule has 0 aromatic heterocycles. The van der Waals surface area contributed by atoms with Crippen LogP contribution in [0.15, 0.2) is 17.0 Å². The summed E-state index contributed by atoms with van der Waals surface area (Å²) < 4.78 is 5.04. The number of benzene rings is 1. The molecule has 1 amide bonds. The van der Waals surface area contributed by atoms with E-state index < -0.39 is 6.09 Å². The Labute approximate surface area is 139 Å². The highest BCUT2D eigenvalue weighted by atomic mass is 35.5. The van der Waals surface area contributed by atoms with Gasteiger partial charge in [0.05, 0.1) is 10.7 Å². The smallest absolute Gasteiger partial charge is 0.411 e. The maximum Gasteiger partial charge on any atom is 0.411 e.